The summed E-state index contributed by atoms with van der Waals surface area (Å²) in [6.45, 7) is 9.52. The second kappa shape index (κ2) is 9.38. The maximum Gasteiger partial charge on any atom is 0.410 e. The van der Waals surface area contributed by atoms with Crippen LogP contribution in [-0.2, 0) is 4.74 Å². The summed E-state index contributed by atoms with van der Waals surface area (Å²) in [4.78, 5) is 16.5. The minimum absolute atomic E-state index is 0.206. The normalized spacial score (nSPS) is 15.6. The van der Waals surface area contributed by atoms with Crippen LogP contribution in [0.3, 0.4) is 0 Å². The van der Waals surface area contributed by atoms with Crippen molar-refractivity contribution < 1.29 is 9.53 Å². The van der Waals surface area contributed by atoms with E-state index in [1.165, 1.54) is 11.1 Å². The molecule has 2 aromatic carbocycles. The fourth-order valence-electron chi connectivity index (χ4n) is 3.49. The van der Waals surface area contributed by atoms with Crippen molar-refractivity contribution in [2.45, 2.75) is 32.3 Å². The Bertz CT molecular complexity index is 763. The summed E-state index contributed by atoms with van der Waals surface area (Å²) < 4.78 is 5.50. The maximum atomic E-state index is 12.3. The number of piperazine rings is 1. The predicted octanol–water partition coefficient (Wildman–Crippen LogP) is 5.68. The largest absolute Gasteiger partial charge is 0.444 e. The third kappa shape index (κ3) is 6.36. The summed E-state index contributed by atoms with van der Waals surface area (Å²) in [6, 6.07) is 16.1. The zero-order valence-electron chi connectivity index (χ0n) is 17.2. The summed E-state index contributed by atoms with van der Waals surface area (Å²) in [5.74, 6) is 0.206. The van der Waals surface area contributed by atoms with Crippen LogP contribution in [-0.4, -0.2) is 54.2 Å². The van der Waals surface area contributed by atoms with Gasteiger partial charge in [0.25, 0.3) is 0 Å². The molecule has 2 aromatic rings. The average molecular weight is 435 g/mol. The number of nitrogens with zero attached hydrogens (tertiary/aromatic N) is 2. The molecule has 156 valence electrons. The maximum absolute atomic E-state index is 12.3. The summed E-state index contributed by atoms with van der Waals surface area (Å²) in [7, 11) is 0. The van der Waals surface area contributed by atoms with Crippen molar-refractivity contribution in [3.05, 3.63) is 69.7 Å². The van der Waals surface area contributed by atoms with E-state index in [4.69, 9.17) is 27.9 Å². The van der Waals surface area contributed by atoms with Crippen LogP contribution >= 0.6 is 23.2 Å². The van der Waals surface area contributed by atoms with Gasteiger partial charge in [0.2, 0.25) is 0 Å². The number of carbonyl (C=O) groups is 1. The predicted molar refractivity (Wildman–Crippen MR) is 119 cm³/mol. The Morgan fingerprint density at radius 1 is 0.897 bits per heavy atom. The molecule has 1 saturated heterocycles. The average Bonchev–Trinajstić information content (AvgIpc) is 2.67. The minimum atomic E-state index is -0.470. The van der Waals surface area contributed by atoms with Crippen LogP contribution < -0.4 is 0 Å². The van der Waals surface area contributed by atoms with Crippen LogP contribution in [0.4, 0.5) is 4.79 Å². The van der Waals surface area contributed by atoms with Gasteiger partial charge in [0.1, 0.15) is 5.60 Å². The molecule has 1 amide bonds. The second-order valence-corrected chi connectivity index (χ2v) is 9.30. The molecular formula is C23H28Cl2N2O2. The number of ether oxygens (including phenoxy) is 1. The van der Waals surface area contributed by atoms with E-state index in [1.54, 1.807) is 4.90 Å². The van der Waals surface area contributed by atoms with Gasteiger partial charge in [-0.05, 0) is 56.2 Å². The molecule has 0 radical (unpaired) electrons. The fraction of sp³-hybridized carbons (Fsp3) is 0.435. The first kappa shape index (κ1) is 21.9. The SMILES string of the molecule is CC(C)(C)OC(=O)N1CCN(CC(c2ccc(Cl)cc2)c2ccc(Cl)cc2)CC1. The number of carbonyl (C=O) groups excluding carboxylic acids is 1. The van der Waals surface area contributed by atoms with Gasteiger partial charge < -0.3 is 9.64 Å². The van der Waals surface area contributed by atoms with E-state index in [-0.39, 0.29) is 12.0 Å². The molecule has 0 bridgehead atoms. The molecule has 1 aliphatic rings. The molecule has 29 heavy (non-hydrogen) atoms. The third-order valence-electron chi connectivity index (χ3n) is 5.01. The number of amides is 1. The molecule has 1 aliphatic heterocycles. The van der Waals surface area contributed by atoms with Crippen LogP contribution in [0.25, 0.3) is 0 Å². The van der Waals surface area contributed by atoms with Crippen molar-refractivity contribution in [2.24, 2.45) is 0 Å². The molecule has 1 heterocycles. The highest BCUT2D eigenvalue weighted by molar-refractivity contribution is 6.30. The highest BCUT2D eigenvalue weighted by atomic mass is 35.5. The Morgan fingerprint density at radius 3 is 1.76 bits per heavy atom. The van der Waals surface area contributed by atoms with Crippen LogP contribution in [0.15, 0.2) is 48.5 Å². The highest BCUT2D eigenvalue weighted by Gasteiger charge is 2.27. The van der Waals surface area contributed by atoms with E-state index < -0.39 is 5.60 Å². The fourth-order valence-corrected chi connectivity index (χ4v) is 3.74. The van der Waals surface area contributed by atoms with Gasteiger partial charge in [0, 0.05) is 48.7 Å². The van der Waals surface area contributed by atoms with E-state index in [1.807, 2.05) is 45.0 Å². The van der Waals surface area contributed by atoms with E-state index >= 15 is 0 Å². The summed E-state index contributed by atoms with van der Waals surface area (Å²) in [5.41, 5.74) is 1.96. The van der Waals surface area contributed by atoms with Crippen LogP contribution in [0.1, 0.15) is 37.8 Å². The lowest BCUT2D eigenvalue weighted by Gasteiger charge is -2.37. The topological polar surface area (TPSA) is 32.8 Å². The van der Waals surface area contributed by atoms with Gasteiger partial charge in [-0.2, -0.15) is 0 Å². The van der Waals surface area contributed by atoms with Gasteiger partial charge in [-0.15, -0.1) is 0 Å². The molecule has 0 aliphatic carbocycles. The summed E-state index contributed by atoms with van der Waals surface area (Å²) in [6.07, 6.45) is -0.232. The van der Waals surface area contributed by atoms with Gasteiger partial charge >= 0.3 is 6.09 Å². The van der Waals surface area contributed by atoms with Crippen molar-refractivity contribution in [3.8, 4) is 0 Å². The van der Waals surface area contributed by atoms with Crippen molar-refractivity contribution >= 4 is 29.3 Å². The highest BCUT2D eigenvalue weighted by Crippen LogP contribution is 2.28. The number of benzene rings is 2. The number of rotatable bonds is 4. The molecule has 0 N–H and O–H groups in total. The number of hydrogen-bond acceptors (Lipinski definition) is 3. The van der Waals surface area contributed by atoms with Crippen LogP contribution in [0.5, 0.6) is 0 Å². The number of hydrogen-bond donors (Lipinski definition) is 0. The lowest BCUT2D eigenvalue weighted by Crippen LogP contribution is -2.50. The Labute approximate surface area is 183 Å². The molecule has 4 nitrogen and oxygen atoms in total. The quantitative estimate of drug-likeness (QED) is 0.620. The lowest BCUT2D eigenvalue weighted by atomic mass is 9.90. The number of halogens is 2. The summed E-state index contributed by atoms with van der Waals surface area (Å²) >= 11 is 12.2. The Balaban J connectivity index is 1.68. The molecule has 6 heteroatoms. The molecule has 0 unspecified atom stereocenters. The van der Waals surface area contributed by atoms with Gasteiger partial charge in [-0.25, -0.2) is 4.79 Å². The zero-order valence-corrected chi connectivity index (χ0v) is 18.7. The smallest absolute Gasteiger partial charge is 0.410 e. The molecule has 0 saturated carbocycles. The molecule has 3 rings (SSSR count). The summed E-state index contributed by atoms with van der Waals surface area (Å²) in [5, 5.41) is 1.46. The first-order chi connectivity index (χ1) is 13.7. The lowest BCUT2D eigenvalue weighted by molar-refractivity contribution is 0.0143. The third-order valence-corrected chi connectivity index (χ3v) is 5.51. The van der Waals surface area contributed by atoms with Crippen molar-refractivity contribution in [3.63, 3.8) is 0 Å². The molecule has 0 spiro atoms. The van der Waals surface area contributed by atoms with E-state index in [9.17, 15) is 4.79 Å². The van der Waals surface area contributed by atoms with Crippen LogP contribution in [0.2, 0.25) is 10.0 Å². The molecule has 1 fully saturated rings. The Hall–Kier alpha value is -1.75. The van der Waals surface area contributed by atoms with E-state index in [0.29, 0.717) is 13.1 Å². The van der Waals surface area contributed by atoms with Gasteiger partial charge in [-0.1, -0.05) is 47.5 Å². The first-order valence-corrected chi connectivity index (χ1v) is 10.7. The van der Waals surface area contributed by atoms with Crippen molar-refractivity contribution in [1.29, 1.82) is 0 Å². The van der Waals surface area contributed by atoms with Gasteiger partial charge in [0.15, 0.2) is 0 Å². The molecular weight excluding hydrogens is 407 g/mol. The van der Waals surface area contributed by atoms with Gasteiger partial charge in [-0.3, -0.25) is 4.90 Å². The van der Waals surface area contributed by atoms with Crippen LogP contribution in [0, 0.1) is 0 Å². The monoisotopic (exact) mass is 434 g/mol. The molecule has 0 atom stereocenters. The van der Waals surface area contributed by atoms with E-state index in [0.717, 1.165) is 29.7 Å². The van der Waals surface area contributed by atoms with Gasteiger partial charge in [0.05, 0.1) is 0 Å². The Morgan fingerprint density at radius 2 is 1.34 bits per heavy atom. The van der Waals surface area contributed by atoms with E-state index in [2.05, 4.69) is 29.2 Å². The Kier molecular flexibility index (Phi) is 7.10. The molecule has 0 aromatic heterocycles. The standard InChI is InChI=1S/C23H28Cl2N2O2/c1-23(2,3)29-22(28)27-14-12-26(13-15-27)16-21(17-4-8-19(24)9-5-17)18-6-10-20(25)11-7-18/h4-11,21H,12-16H2,1-3H3. The van der Waals surface area contributed by atoms with Crippen molar-refractivity contribution in [2.75, 3.05) is 32.7 Å². The first-order valence-electron chi connectivity index (χ1n) is 9.92. The second-order valence-electron chi connectivity index (χ2n) is 8.42. The minimum Gasteiger partial charge on any atom is -0.444 e. The van der Waals surface area contributed by atoms with Crippen molar-refractivity contribution in [1.82, 2.24) is 9.80 Å². The zero-order chi connectivity index (χ0) is 21.0.